The van der Waals surface area contributed by atoms with Gasteiger partial charge >= 0.3 is 0 Å². The highest BCUT2D eigenvalue weighted by Gasteiger charge is 2.08. The molecule has 0 saturated carbocycles. The molecular weight excluding hydrogens is 277 g/mol. The van der Waals surface area contributed by atoms with Crippen molar-refractivity contribution in [3.8, 4) is 0 Å². The summed E-state index contributed by atoms with van der Waals surface area (Å²) in [6.07, 6.45) is 2.02. The molecule has 2 aromatic rings. The van der Waals surface area contributed by atoms with Gasteiger partial charge in [-0.2, -0.15) is 0 Å². The van der Waals surface area contributed by atoms with Crippen LogP contribution in [0.15, 0.2) is 18.3 Å². The fourth-order valence-electron chi connectivity index (χ4n) is 1.28. The number of fused-ring (bicyclic) bond motifs is 1. The summed E-state index contributed by atoms with van der Waals surface area (Å²) in [6, 6.07) is 4.09. The maximum Gasteiger partial charge on any atom is 0.161 e. The molecule has 3 nitrogen and oxygen atoms in total. The number of halogens is 1. The van der Waals surface area contributed by atoms with Crippen molar-refractivity contribution in [2.75, 3.05) is 0 Å². The topological polar surface area (TPSA) is 30.2 Å². The smallest absolute Gasteiger partial charge is 0.161 e. The zero-order valence-electron chi connectivity index (χ0n) is 7.53. The van der Waals surface area contributed by atoms with E-state index in [1.807, 2.05) is 16.7 Å². The van der Waals surface area contributed by atoms with Crippen LogP contribution in [-0.4, -0.2) is 14.6 Å². The minimum atomic E-state index is 0.412. The summed E-state index contributed by atoms with van der Waals surface area (Å²) in [7, 11) is 0. The number of pyridine rings is 1. The van der Waals surface area contributed by atoms with Crippen molar-refractivity contribution < 1.29 is 0 Å². The molecule has 0 aliphatic rings. The Morgan fingerprint density at radius 2 is 2.15 bits per heavy atom. The van der Waals surface area contributed by atoms with E-state index in [-0.39, 0.29) is 0 Å². The Morgan fingerprint density at radius 1 is 1.38 bits per heavy atom. The molecule has 2 heterocycles. The molecule has 0 N–H and O–H groups in total. The predicted octanol–water partition coefficient (Wildman–Crippen LogP) is 2.46. The van der Waals surface area contributed by atoms with E-state index in [1.165, 1.54) is 3.57 Å². The van der Waals surface area contributed by atoms with Crippen LogP contribution in [0.2, 0.25) is 0 Å². The minimum Gasteiger partial charge on any atom is -0.286 e. The average molecular weight is 287 g/mol. The Balaban J connectivity index is 2.69. The lowest BCUT2D eigenvalue weighted by molar-refractivity contribution is 0.759. The summed E-state index contributed by atoms with van der Waals surface area (Å²) in [5, 5.41) is 8.25. The van der Waals surface area contributed by atoms with Gasteiger partial charge in [-0.3, -0.25) is 4.40 Å². The molecule has 0 fully saturated rings. The van der Waals surface area contributed by atoms with Gasteiger partial charge in [0.05, 0.1) is 0 Å². The fourth-order valence-corrected chi connectivity index (χ4v) is 1.72. The molecule has 13 heavy (non-hydrogen) atoms. The van der Waals surface area contributed by atoms with E-state index in [9.17, 15) is 0 Å². The second-order valence-corrected chi connectivity index (χ2v) is 4.53. The number of hydrogen-bond donors (Lipinski definition) is 0. The first-order valence-electron chi connectivity index (χ1n) is 4.18. The number of rotatable bonds is 1. The lowest BCUT2D eigenvalue weighted by Gasteiger charge is -2.01. The van der Waals surface area contributed by atoms with Crippen molar-refractivity contribution in [3.05, 3.63) is 27.7 Å². The van der Waals surface area contributed by atoms with Gasteiger partial charge in [-0.05, 0) is 34.7 Å². The highest BCUT2D eigenvalue weighted by molar-refractivity contribution is 14.1. The Hall–Kier alpha value is -0.650. The van der Waals surface area contributed by atoms with E-state index < -0.39 is 0 Å². The summed E-state index contributed by atoms with van der Waals surface area (Å²) >= 11 is 2.27. The highest BCUT2D eigenvalue weighted by Crippen LogP contribution is 2.14. The van der Waals surface area contributed by atoms with Gasteiger partial charge in [-0.1, -0.05) is 13.8 Å². The molecule has 0 bridgehead atoms. The van der Waals surface area contributed by atoms with Crippen LogP contribution in [-0.2, 0) is 0 Å². The molecule has 0 amide bonds. The van der Waals surface area contributed by atoms with E-state index >= 15 is 0 Å². The highest BCUT2D eigenvalue weighted by atomic mass is 127. The molecule has 0 aliphatic carbocycles. The zero-order chi connectivity index (χ0) is 9.42. The van der Waals surface area contributed by atoms with Crippen molar-refractivity contribution in [2.24, 2.45) is 0 Å². The van der Waals surface area contributed by atoms with E-state index in [0.717, 1.165) is 11.5 Å². The third-order valence-electron chi connectivity index (χ3n) is 1.91. The van der Waals surface area contributed by atoms with Crippen molar-refractivity contribution in [1.82, 2.24) is 14.6 Å². The van der Waals surface area contributed by atoms with Gasteiger partial charge in [0.15, 0.2) is 5.65 Å². The molecule has 4 heteroatoms. The summed E-state index contributed by atoms with van der Waals surface area (Å²) < 4.78 is 3.22. The number of nitrogens with zero attached hydrogens (tertiary/aromatic N) is 3. The number of hydrogen-bond acceptors (Lipinski definition) is 2. The first kappa shape index (κ1) is 8.93. The second kappa shape index (κ2) is 3.25. The van der Waals surface area contributed by atoms with Gasteiger partial charge in [0.1, 0.15) is 5.82 Å². The van der Waals surface area contributed by atoms with Crippen LogP contribution in [0, 0.1) is 3.57 Å². The minimum absolute atomic E-state index is 0.412. The van der Waals surface area contributed by atoms with Crippen LogP contribution in [0.4, 0.5) is 0 Å². The van der Waals surface area contributed by atoms with Crippen molar-refractivity contribution in [1.29, 1.82) is 0 Å². The van der Waals surface area contributed by atoms with Crippen LogP contribution in [0.3, 0.4) is 0 Å². The van der Waals surface area contributed by atoms with Crippen LogP contribution < -0.4 is 0 Å². The first-order valence-corrected chi connectivity index (χ1v) is 5.26. The van der Waals surface area contributed by atoms with Crippen molar-refractivity contribution >= 4 is 28.2 Å². The van der Waals surface area contributed by atoms with Gasteiger partial charge in [0.25, 0.3) is 0 Å². The third-order valence-corrected chi connectivity index (χ3v) is 2.59. The zero-order valence-corrected chi connectivity index (χ0v) is 9.69. The summed E-state index contributed by atoms with van der Waals surface area (Å²) in [6.45, 7) is 4.24. The van der Waals surface area contributed by atoms with E-state index in [4.69, 9.17) is 0 Å². The monoisotopic (exact) mass is 287 g/mol. The maximum absolute atomic E-state index is 4.15. The van der Waals surface area contributed by atoms with E-state index in [1.54, 1.807) is 0 Å². The molecule has 0 spiro atoms. The third kappa shape index (κ3) is 1.54. The van der Waals surface area contributed by atoms with Crippen LogP contribution in [0.5, 0.6) is 0 Å². The van der Waals surface area contributed by atoms with Gasteiger partial charge < -0.3 is 0 Å². The molecule has 2 rings (SSSR count). The molecule has 68 valence electrons. The fraction of sp³-hybridized carbons (Fsp3) is 0.333. The molecule has 0 aromatic carbocycles. The van der Waals surface area contributed by atoms with Gasteiger partial charge in [-0.25, -0.2) is 0 Å². The van der Waals surface area contributed by atoms with Crippen LogP contribution in [0.25, 0.3) is 5.65 Å². The van der Waals surface area contributed by atoms with E-state index in [0.29, 0.717) is 5.92 Å². The van der Waals surface area contributed by atoms with Crippen molar-refractivity contribution in [2.45, 2.75) is 19.8 Å². The average Bonchev–Trinajstić information content (AvgIpc) is 2.46. The van der Waals surface area contributed by atoms with Crippen molar-refractivity contribution in [3.63, 3.8) is 0 Å². The number of aromatic nitrogens is 3. The molecule has 0 unspecified atom stereocenters. The molecule has 0 atom stereocenters. The largest absolute Gasteiger partial charge is 0.286 e. The standard InChI is InChI=1S/C9H10IN3/c1-6(2)9-12-11-8-5-7(10)3-4-13(8)9/h3-6H,1-2H3. The Labute approximate surface area is 90.3 Å². The Kier molecular flexibility index (Phi) is 2.23. The molecular formula is C9H10IN3. The maximum atomic E-state index is 4.15. The lowest BCUT2D eigenvalue weighted by Crippen LogP contribution is -1.96. The summed E-state index contributed by atoms with van der Waals surface area (Å²) in [5.74, 6) is 1.43. The molecule has 0 saturated heterocycles. The lowest BCUT2D eigenvalue weighted by atomic mass is 10.2. The quantitative estimate of drug-likeness (QED) is 0.754. The SMILES string of the molecule is CC(C)c1nnc2cc(I)ccn12. The normalized spacial score (nSPS) is 11.4. The van der Waals surface area contributed by atoms with Crippen LogP contribution in [0.1, 0.15) is 25.6 Å². The summed E-state index contributed by atoms with van der Waals surface area (Å²) in [5.41, 5.74) is 0.926. The van der Waals surface area contributed by atoms with E-state index in [2.05, 4.69) is 52.7 Å². The Bertz CT molecular complexity index is 433. The first-order chi connectivity index (χ1) is 6.18. The summed E-state index contributed by atoms with van der Waals surface area (Å²) in [4.78, 5) is 0. The Morgan fingerprint density at radius 3 is 2.85 bits per heavy atom. The second-order valence-electron chi connectivity index (χ2n) is 3.29. The molecule has 0 aliphatic heterocycles. The predicted molar refractivity (Wildman–Crippen MR) is 59.8 cm³/mol. The van der Waals surface area contributed by atoms with Gasteiger partial charge in [-0.15, -0.1) is 10.2 Å². The van der Waals surface area contributed by atoms with Crippen LogP contribution >= 0.6 is 22.6 Å². The molecule has 0 radical (unpaired) electrons. The van der Waals surface area contributed by atoms with Gasteiger partial charge in [0, 0.05) is 15.7 Å². The van der Waals surface area contributed by atoms with Gasteiger partial charge in [0.2, 0.25) is 0 Å². The molecule has 2 aromatic heterocycles.